The third kappa shape index (κ3) is 2.85. The zero-order chi connectivity index (χ0) is 12.3. The summed E-state index contributed by atoms with van der Waals surface area (Å²) < 4.78 is 0. The maximum absolute atomic E-state index is 8.84. The lowest BCUT2D eigenvalue weighted by Gasteiger charge is -2.13. The molecule has 0 fully saturated rings. The van der Waals surface area contributed by atoms with Gasteiger partial charge in [-0.15, -0.1) is 0 Å². The molecule has 4 heteroatoms. The van der Waals surface area contributed by atoms with Gasteiger partial charge in [-0.1, -0.05) is 0 Å². The SMILES string of the molecule is CC(CCO)Nc1ccc2cc(N)ccc2n1. The number of fused-ring (bicyclic) bond motifs is 1. The number of nitrogens with one attached hydrogen (secondary N) is 1. The second-order valence-electron chi connectivity index (χ2n) is 4.21. The lowest BCUT2D eigenvalue weighted by Crippen LogP contribution is -2.17. The van der Waals surface area contributed by atoms with E-state index >= 15 is 0 Å². The fraction of sp³-hybridized carbons (Fsp3) is 0.308. The minimum Gasteiger partial charge on any atom is -0.399 e. The summed E-state index contributed by atoms with van der Waals surface area (Å²) in [6.07, 6.45) is 0.710. The smallest absolute Gasteiger partial charge is 0.126 e. The molecule has 90 valence electrons. The van der Waals surface area contributed by atoms with Crippen molar-refractivity contribution in [1.29, 1.82) is 0 Å². The molecule has 0 radical (unpaired) electrons. The largest absolute Gasteiger partial charge is 0.399 e. The number of aromatic nitrogens is 1. The lowest BCUT2D eigenvalue weighted by molar-refractivity contribution is 0.282. The Morgan fingerprint density at radius 1 is 1.35 bits per heavy atom. The first-order valence-electron chi connectivity index (χ1n) is 5.73. The highest BCUT2D eigenvalue weighted by Crippen LogP contribution is 2.18. The molecule has 1 aromatic heterocycles. The molecule has 0 bridgehead atoms. The first-order chi connectivity index (χ1) is 8.19. The van der Waals surface area contributed by atoms with Gasteiger partial charge in [0.2, 0.25) is 0 Å². The molecular formula is C13H17N3O. The van der Waals surface area contributed by atoms with Gasteiger partial charge < -0.3 is 16.2 Å². The van der Waals surface area contributed by atoms with Crippen molar-refractivity contribution in [2.75, 3.05) is 17.7 Å². The van der Waals surface area contributed by atoms with Gasteiger partial charge in [-0.25, -0.2) is 4.98 Å². The van der Waals surface area contributed by atoms with Gasteiger partial charge in [-0.3, -0.25) is 0 Å². The average molecular weight is 231 g/mol. The second-order valence-corrected chi connectivity index (χ2v) is 4.21. The van der Waals surface area contributed by atoms with E-state index in [1.807, 2.05) is 37.3 Å². The van der Waals surface area contributed by atoms with Crippen LogP contribution in [0, 0.1) is 0 Å². The predicted molar refractivity (Wildman–Crippen MR) is 70.9 cm³/mol. The maximum atomic E-state index is 8.84. The second kappa shape index (κ2) is 5.01. The van der Waals surface area contributed by atoms with E-state index < -0.39 is 0 Å². The zero-order valence-electron chi connectivity index (χ0n) is 9.85. The molecule has 4 N–H and O–H groups in total. The van der Waals surface area contributed by atoms with Gasteiger partial charge in [-0.05, 0) is 43.7 Å². The Kier molecular flexibility index (Phi) is 3.44. The van der Waals surface area contributed by atoms with Crippen molar-refractivity contribution in [1.82, 2.24) is 4.98 Å². The quantitative estimate of drug-likeness (QED) is 0.704. The Bertz CT molecular complexity index is 513. The summed E-state index contributed by atoms with van der Waals surface area (Å²) in [7, 11) is 0. The summed E-state index contributed by atoms with van der Waals surface area (Å²) in [5.74, 6) is 0.822. The molecular weight excluding hydrogens is 214 g/mol. The number of hydrogen-bond donors (Lipinski definition) is 3. The summed E-state index contributed by atoms with van der Waals surface area (Å²) >= 11 is 0. The summed E-state index contributed by atoms with van der Waals surface area (Å²) in [5.41, 5.74) is 7.37. The number of nitrogen functional groups attached to an aromatic ring is 1. The molecule has 2 aromatic rings. The number of pyridine rings is 1. The third-order valence-electron chi connectivity index (χ3n) is 2.67. The van der Waals surface area contributed by atoms with E-state index in [1.165, 1.54) is 0 Å². The molecule has 0 saturated heterocycles. The van der Waals surface area contributed by atoms with Gasteiger partial charge >= 0.3 is 0 Å². The van der Waals surface area contributed by atoms with Crippen LogP contribution in [0.25, 0.3) is 10.9 Å². The number of rotatable bonds is 4. The monoisotopic (exact) mass is 231 g/mol. The summed E-state index contributed by atoms with van der Waals surface area (Å²) in [6.45, 7) is 2.20. The van der Waals surface area contributed by atoms with Crippen molar-refractivity contribution in [3.05, 3.63) is 30.3 Å². The molecule has 1 aromatic carbocycles. The van der Waals surface area contributed by atoms with Crippen LogP contribution in [-0.2, 0) is 0 Å². The summed E-state index contributed by atoms with van der Waals surface area (Å²) in [5, 5.41) is 13.1. The van der Waals surface area contributed by atoms with Gasteiger partial charge in [0.05, 0.1) is 5.52 Å². The Morgan fingerprint density at radius 2 is 2.18 bits per heavy atom. The average Bonchev–Trinajstić information content (AvgIpc) is 2.29. The van der Waals surface area contributed by atoms with Crippen molar-refractivity contribution >= 4 is 22.4 Å². The maximum Gasteiger partial charge on any atom is 0.126 e. The molecule has 2 rings (SSSR count). The number of anilines is 2. The minimum absolute atomic E-state index is 0.179. The van der Waals surface area contributed by atoms with Crippen LogP contribution in [0.4, 0.5) is 11.5 Å². The molecule has 1 heterocycles. The van der Waals surface area contributed by atoms with Crippen LogP contribution in [0.3, 0.4) is 0 Å². The predicted octanol–water partition coefficient (Wildman–Crippen LogP) is 2.00. The molecule has 0 spiro atoms. The van der Waals surface area contributed by atoms with Crippen LogP contribution >= 0.6 is 0 Å². The van der Waals surface area contributed by atoms with Gasteiger partial charge in [0, 0.05) is 23.7 Å². The van der Waals surface area contributed by atoms with Gasteiger partial charge in [-0.2, -0.15) is 0 Å². The van der Waals surface area contributed by atoms with E-state index in [0.717, 1.165) is 22.4 Å². The van der Waals surface area contributed by atoms with E-state index in [0.29, 0.717) is 6.42 Å². The summed E-state index contributed by atoms with van der Waals surface area (Å²) in [4.78, 5) is 4.49. The van der Waals surface area contributed by atoms with E-state index in [-0.39, 0.29) is 12.6 Å². The van der Waals surface area contributed by atoms with E-state index in [4.69, 9.17) is 10.8 Å². The lowest BCUT2D eigenvalue weighted by atomic mass is 10.2. The van der Waals surface area contributed by atoms with Crippen molar-refractivity contribution < 1.29 is 5.11 Å². The third-order valence-corrected chi connectivity index (χ3v) is 2.67. The Labute approximate surface area is 100 Å². The van der Waals surface area contributed by atoms with Gasteiger partial charge in [0.25, 0.3) is 0 Å². The van der Waals surface area contributed by atoms with Crippen molar-refractivity contribution in [2.45, 2.75) is 19.4 Å². The molecule has 4 nitrogen and oxygen atoms in total. The highest BCUT2D eigenvalue weighted by molar-refractivity contribution is 5.83. The number of aliphatic hydroxyl groups excluding tert-OH is 1. The first-order valence-corrected chi connectivity index (χ1v) is 5.73. The number of nitrogens with zero attached hydrogens (tertiary/aromatic N) is 1. The Balaban J connectivity index is 2.23. The Hall–Kier alpha value is -1.81. The molecule has 0 aliphatic carbocycles. The van der Waals surface area contributed by atoms with Crippen LogP contribution in [0.15, 0.2) is 30.3 Å². The molecule has 0 saturated carbocycles. The normalized spacial score (nSPS) is 12.6. The van der Waals surface area contributed by atoms with Gasteiger partial charge in [0.1, 0.15) is 5.82 Å². The fourth-order valence-corrected chi connectivity index (χ4v) is 1.74. The molecule has 0 amide bonds. The van der Waals surface area contributed by atoms with E-state index in [2.05, 4.69) is 10.3 Å². The van der Waals surface area contributed by atoms with E-state index in [9.17, 15) is 0 Å². The molecule has 1 atom stereocenters. The van der Waals surface area contributed by atoms with Crippen LogP contribution in [0.1, 0.15) is 13.3 Å². The van der Waals surface area contributed by atoms with Crippen LogP contribution in [0.2, 0.25) is 0 Å². The highest BCUT2D eigenvalue weighted by atomic mass is 16.3. The zero-order valence-corrected chi connectivity index (χ0v) is 9.85. The fourth-order valence-electron chi connectivity index (χ4n) is 1.74. The number of aliphatic hydroxyl groups is 1. The topological polar surface area (TPSA) is 71.2 Å². The van der Waals surface area contributed by atoms with Crippen molar-refractivity contribution in [3.63, 3.8) is 0 Å². The summed E-state index contributed by atoms with van der Waals surface area (Å²) in [6, 6.07) is 9.78. The standard InChI is InChI=1S/C13H17N3O/c1-9(6-7-17)15-13-5-2-10-8-11(14)3-4-12(10)16-13/h2-5,8-9,17H,6-7,14H2,1H3,(H,15,16). The van der Waals surface area contributed by atoms with Gasteiger partial charge in [0.15, 0.2) is 0 Å². The van der Waals surface area contributed by atoms with Crippen molar-refractivity contribution in [2.24, 2.45) is 0 Å². The molecule has 17 heavy (non-hydrogen) atoms. The first kappa shape index (κ1) is 11.7. The van der Waals surface area contributed by atoms with Crippen LogP contribution in [0.5, 0.6) is 0 Å². The molecule has 0 aliphatic heterocycles. The molecule has 1 unspecified atom stereocenters. The van der Waals surface area contributed by atoms with Crippen molar-refractivity contribution in [3.8, 4) is 0 Å². The number of benzene rings is 1. The van der Waals surface area contributed by atoms with E-state index in [1.54, 1.807) is 0 Å². The highest BCUT2D eigenvalue weighted by Gasteiger charge is 2.03. The van der Waals surface area contributed by atoms with Crippen LogP contribution in [-0.4, -0.2) is 22.7 Å². The Morgan fingerprint density at radius 3 is 2.94 bits per heavy atom. The number of nitrogens with two attached hydrogens (primary N) is 1. The minimum atomic E-state index is 0.179. The number of hydrogen-bond acceptors (Lipinski definition) is 4. The molecule has 0 aliphatic rings. The van der Waals surface area contributed by atoms with Crippen LogP contribution < -0.4 is 11.1 Å².